The van der Waals surface area contributed by atoms with Gasteiger partial charge in [-0.1, -0.05) is 19.3 Å². The zero-order chi connectivity index (χ0) is 14.2. The number of hydrogen-bond acceptors (Lipinski definition) is 4. The number of hydrogen-bond donors (Lipinski definition) is 2. The lowest BCUT2D eigenvalue weighted by Gasteiger charge is -2.29. The molecule has 4 heteroatoms. The van der Waals surface area contributed by atoms with Crippen LogP contribution >= 0.6 is 0 Å². The lowest BCUT2D eigenvalue weighted by Crippen LogP contribution is -2.40. The van der Waals surface area contributed by atoms with E-state index in [9.17, 15) is 5.11 Å². The average Bonchev–Trinajstić information content (AvgIpc) is 2.99. The van der Waals surface area contributed by atoms with Gasteiger partial charge in [-0.2, -0.15) is 0 Å². The van der Waals surface area contributed by atoms with Gasteiger partial charge in [-0.15, -0.1) is 0 Å². The van der Waals surface area contributed by atoms with Gasteiger partial charge in [0, 0.05) is 19.2 Å². The minimum atomic E-state index is -0.414. The molecule has 1 heterocycles. The maximum atomic E-state index is 9.94. The van der Waals surface area contributed by atoms with E-state index in [0.717, 1.165) is 25.4 Å². The van der Waals surface area contributed by atoms with Crippen molar-refractivity contribution < 1.29 is 14.6 Å². The van der Waals surface area contributed by atoms with E-state index in [1.54, 1.807) is 0 Å². The molecule has 2 unspecified atom stereocenters. The fourth-order valence-electron chi connectivity index (χ4n) is 3.29. The Kier molecular flexibility index (Phi) is 7.28. The molecular formula is C16H31NO3. The molecule has 20 heavy (non-hydrogen) atoms. The second-order valence-electron chi connectivity index (χ2n) is 6.42. The highest BCUT2D eigenvalue weighted by atomic mass is 16.5. The molecule has 0 bridgehead atoms. The van der Waals surface area contributed by atoms with Crippen LogP contribution in [0.2, 0.25) is 0 Å². The highest BCUT2D eigenvalue weighted by Gasteiger charge is 2.20. The zero-order valence-corrected chi connectivity index (χ0v) is 12.9. The van der Waals surface area contributed by atoms with Gasteiger partial charge in [0.2, 0.25) is 0 Å². The Balaban J connectivity index is 1.51. The lowest BCUT2D eigenvalue weighted by molar-refractivity contribution is -0.0173. The summed E-state index contributed by atoms with van der Waals surface area (Å²) in [5, 5.41) is 13.4. The molecule has 3 atom stereocenters. The first-order chi connectivity index (χ1) is 9.75. The Bertz CT molecular complexity index is 250. The molecule has 0 aromatic heterocycles. The van der Waals surface area contributed by atoms with E-state index in [0.29, 0.717) is 25.8 Å². The number of rotatable bonds is 8. The van der Waals surface area contributed by atoms with Crippen LogP contribution in [-0.2, 0) is 9.47 Å². The summed E-state index contributed by atoms with van der Waals surface area (Å²) in [6.07, 6.45) is 8.85. The maximum absolute atomic E-state index is 9.94. The second kappa shape index (κ2) is 8.98. The smallest absolute Gasteiger partial charge is 0.0897 e. The molecule has 2 N–H and O–H groups in total. The van der Waals surface area contributed by atoms with Gasteiger partial charge in [0.25, 0.3) is 0 Å². The van der Waals surface area contributed by atoms with Gasteiger partial charge < -0.3 is 19.9 Å². The van der Waals surface area contributed by atoms with Crippen LogP contribution in [0.4, 0.5) is 0 Å². The molecule has 1 aliphatic carbocycles. The first-order valence-electron chi connectivity index (χ1n) is 8.36. The topological polar surface area (TPSA) is 50.7 Å². The van der Waals surface area contributed by atoms with E-state index in [-0.39, 0.29) is 6.10 Å². The van der Waals surface area contributed by atoms with Crippen molar-refractivity contribution in [3.05, 3.63) is 0 Å². The Morgan fingerprint density at radius 2 is 2.00 bits per heavy atom. The third-order valence-electron chi connectivity index (χ3n) is 4.67. The summed E-state index contributed by atoms with van der Waals surface area (Å²) >= 11 is 0. The Labute approximate surface area is 123 Å². The quantitative estimate of drug-likeness (QED) is 0.717. The maximum Gasteiger partial charge on any atom is 0.0897 e. The van der Waals surface area contributed by atoms with Crippen LogP contribution < -0.4 is 5.32 Å². The summed E-state index contributed by atoms with van der Waals surface area (Å²) in [5.41, 5.74) is 0. The molecule has 0 radical (unpaired) electrons. The van der Waals surface area contributed by atoms with Crippen molar-refractivity contribution in [3.63, 3.8) is 0 Å². The summed E-state index contributed by atoms with van der Waals surface area (Å²) in [6.45, 7) is 4.76. The third kappa shape index (κ3) is 5.68. The third-order valence-corrected chi connectivity index (χ3v) is 4.67. The van der Waals surface area contributed by atoms with E-state index in [4.69, 9.17) is 9.47 Å². The molecule has 1 aliphatic heterocycles. The van der Waals surface area contributed by atoms with Crippen molar-refractivity contribution in [1.29, 1.82) is 0 Å². The zero-order valence-electron chi connectivity index (χ0n) is 12.9. The molecule has 0 aromatic carbocycles. The summed E-state index contributed by atoms with van der Waals surface area (Å²) < 4.78 is 11.0. The monoisotopic (exact) mass is 285 g/mol. The van der Waals surface area contributed by atoms with Crippen LogP contribution in [0.5, 0.6) is 0 Å². The number of ether oxygens (including phenoxy) is 2. The van der Waals surface area contributed by atoms with E-state index < -0.39 is 6.10 Å². The van der Waals surface area contributed by atoms with Crippen molar-refractivity contribution >= 4 is 0 Å². The second-order valence-corrected chi connectivity index (χ2v) is 6.42. The SMILES string of the molecule is C[C@@H](NCC(O)COCC1CCCO1)C1CCCCC1. The van der Waals surface area contributed by atoms with Crippen LogP contribution in [0.25, 0.3) is 0 Å². The Morgan fingerprint density at radius 3 is 2.70 bits per heavy atom. The molecule has 1 saturated carbocycles. The molecule has 2 rings (SSSR count). The van der Waals surface area contributed by atoms with Crippen molar-refractivity contribution in [2.75, 3.05) is 26.4 Å². The van der Waals surface area contributed by atoms with Crippen LogP contribution in [0.1, 0.15) is 51.9 Å². The first kappa shape index (κ1) is 16.2. The molecule has 118 valence electrons. The van der Waals surface area contributed by atoms with Crippen LogP contribution in [0.15, 0.2) is 0 Å². The molecular weight excluding hydrogens is 254 g/mol. The Morgan fingerprint density at radius 1 is 1.20 bits per heavy atom. The summed E-state index contributed by atoms with van der Waals surface area (Å²) in [5.74, 6) is 0.781. The fraction of sp³-hybridized carbons (Fsp3) is 1.00. The Hall–Kier alpha value is -0.160. The summed E-state index contributed by atoms with van der Waals surface area (Å²) in [6, 6.07) is 0.503. The van der Waals surface area contributed by atoms with E-state index in [2.05, 4.69) is 12.2 Å². The van der Waals surface area contributed by atoms with Crippen molar-refractivity contribution in [1.82, 2.24) is 5.32 Å². The predicted molar refractivity (Wildman–Crippen MR) is 79.8 cm³/mol. The van der Waals surface area contributed by atoms with Gasteiger partial charge in [-0.25, -0.2) is 0 Å². The molecule has 1 saturated heterocycles. The van der Waals surface area contributed by atoms with Crippen LogP contribution in [0, 0.1) is 5.92 Å². The standard InChI is InChI=1S/C16H31NO3/c1-13(14-6-3-2-4-7-14)17-10-15(18)11-19-12-16-8-5-9-20-16/h13-18H,2-12H2,1H3/t13-,15?,16?/m1/s1. The van der Waals surface area contributed by atoms with Crippen molar-refractivity contribution in [2.45, 2.75) is 70.1 Å². The molecule has 0 spiro atoms. The average molecular weight is 285 g/mol. The van der Waals surface area contributed by atoms with Crippen LogP contribution in [-0.4, -0.2) is 49.7 Å². The van der Waals surface area contributed by atoms with E-state index in [1.165, 1.54) is 32.1 Å². The van der Waals surface area contributed by atoms with Gasteiger partial charge in [0.15, 0.2) is 0 Å². The molecule has 0 amide bonds. The fourth-order valence-corrected chi connectivity index (χ4v) is 3.29. The van der Waals surface area contributed by atoms with Gasteiger partial charge in [0.05, 0.1) is 25.4 Å². The molecule has 2 fully saturated rings. The normalized spacial score (nSPS) is 27.6. The van der Waals surface area contributed by atoms with Gasteiger partial charge in [-0.05, 0) is 38.5 Å². The highest BCUT2D eigenvalue weighted by Crippen LogP contribution is 2.26. The minimum absolute atomic E-state index is 0.247. The largest absolute Gasteiger partial charge is 0.389 e. The first-order valence-corrected chi connectivity index (χ1v) is 8.36. The minimum Gasteiger partial charge on any atom is -0.389 e. The molecule has 0 aromatic rings. The summed E-state index contributed by atoms with van der Waals surface area (Å²) in [7, 11) is 0. The molecule has 4 nitrogen and oxygen atoms in total. The van der Waals surface area contributed by atoms with Gasteiger partial charge in [-0.3, -0.25) is 0 Å². The van der Waals surface area contributed by atoms with Crippen molar-refractivity contribution in [2.24, 2.45) is 5.92 Å². The van der Waals surface area contributed by atoms with E-state index in [1.807, 2.05) is 0 Å². The molecule has 2 aliphatic rings. The summed E-state index contributed by atoms with van der Waals surface area (Å²) in [4.78, 5) is 0. The van der Waals surface area contributed by atoms with Gasteiger partial charge >= 0.3 is 0 Å². The van der Waals surface area contributed by atoms with Gasteiger partial charge in [0.1, 0.15) is 0 Å². The predicted octanol–water partition coefficient (Wildman–Crippen LogP) is 2.10. The number of aliphatic hydroxyl groups excluding tert-OH is 1. The lowest BCUT2D eigenvalue weighted by atomic mass is 9.84. The van der Waals surface area contributed by atoms with Crippen molar-refractivity contribution in [3.8, 4) is 0 Å². The van der Waals surface area contributed by atoms with E-state index >= 15 is 0 Å². The highest BCUT2D eigenvalue weighted by molar-refractivity contribution is 4.77. The van der Waals surface area contributed by atoms with Crippen LogP contribution in [0.3, 0.4) is 0 Å². The number of aliphatic hydroxyl groups is 1. The number of nitrogens with one attached hydrogen (secondary N) is 1.